The van der Waals surface area contributed by atoms with E-state index in [2.05, 4.69) is 29.1 Å². The number of hydrogen-bond donors (Lipinski definition) is 4. The molecule has 36 heavy (non-hydrogen) atoms. The summed E-state index contributed by atoms with van der Waals surface area (Å²) in [7, 11) is 0. The summed E-state index contributed by atoms with van der Waals surface area (Å²) in [6.45, 7) is 10.3. The lowest BCUT2D eigenvalue weighted by Crippen LogP contribution is -2.44. The number of alkyl carbamates (subject to hydrolysis) is 1. The van der Waals surface area contributed by atoms with Crippen molar-refractivity contribution < 1.29 is 33.8 Å². The molecule has 0 fully saturated rings. The second kappa shape index (κ2) is 16.9. The molecule has 1 aromatic carbocycles. The molecule has 4 N–H and O–H groups in total. The Hall–Kier alpha value is -3.66. The minimum absolute atomic E-state index is 0.00609. The predicted octanol–water partition coefficient (Wildman–Crippen LogP) is 1.98. The number of ether oxygens (including phenoxy) is 2. The fourth-order valence-corrected chi connectivity index (χ4v) is 3.09. The number of aliphatic hydroxyl groups excluding tert-OH is 1. The zero-order valence-electron chi connectivity index (χ0n) is 20.9. The molecule has 0 radical (unpaired) electrons. The number of allylic oxidation sites excluding steroid dienone is 1. The summed E-state index contributed by atoms with van der Waals surface area (Å²) in [5.41, 5.74) is 0.801. The van der Waals surface area contributed by atoms with Gasteiger partial charge < -0.3 is 30.5 Å². The first kappa shape index (κ1) is 30.4. The van der Waals surface area contributed by atoms with Crippen molar-refractivity contribution in [3.05, 3.63) is 61.2 Å². The highest BCUT2D eigenvalue weighted by molar-refractivity contribution is 5.86. The smallest absolute Gasteiger partial charge is 0.408 e. The van der Waals surface area contributed by atoms with Crippen LogP contribution >= 0.6 is 0 Å². The second-order valence-electron chi connectivity index (χ2n) is 8.35. The summed E-state index contributed by atoms with van der Waals surface area (Å²) < 4.78 is 10.5. The van der Waals surface area contributed by atoms with E-state index in [4.69, 9.17) is 14.6 Å². The third-order valence-electron chi connectivity index (χ3n) is 5.01. The maximum Gasteiger partial charge on any atom is 0.408 e. The van der Waals surface area contributed by atoms with Gasteiger partial charge >= 0.3 is 12.1 Å². The highest BCUT2D eigenvalue weighted by Gasteiger charge is 2.25. The molecule has 10 heteroatoms. The van der Waals surface area contributed by atoms with Gasteiger partial charge in [-0.05, 0) is 32.3 Å². The summed E-state index contributed by atoms with van der Waals surface area (Å²) in [5, 5.41) is 16.8. The Morgan fingerprint density at radius 3 is 2.31 bits per heavy atom. The Morgan fingerprint density at radius 2 is 1.69 bits per heavy atom. The van der Waals surface area contributed by atoms with Crippen LogP contribution in [0.5, 0.6) is 0 Å². The number of nitrogens with one attached hydrogen (secondary N) is 3. The molecule has 10 nitrogen and oxygen atoms in total. The number of hydrogen-bond acceptors (Lipinski definition) is 7. The van der Waals surface area contributed by atoms with Crippen molar-refractivity contribution in [2.45, 2.75) is 57.9 Å². The molecule has 0 saturated carbocycles. The van der Waals surface area contributed by atoms with Crippen LogP contribution in [0.25, 0.3) is 0 Å². The van der Waals surface area contributed by atoms with E-state index in [1.165, 1.54) is 6.08 Å². The van der Waals surface area contributed by atoms with Crippen molar-refractivity contribution in [2.75, 3.05) is 13.2 Å². The van der Waals surface area contributed by atoms with Gasteiger partial charge in [-0.1, -0.05) is 42.5 Å². The summed E-state index contributed by atoms with van der Waals surface area (Å²) in [5.74, 6) is -2.12. The highest BCUT2D eigenvalue weighted by Crippen LogP contribution is 2.10. The Kier molecular flexibility index (Phi) is 14.2. The first-order valence-electron chi connectivity index (χ1n) is 11.8. The Morgan fingerprint density at radius 1 is 1.03 bits per heavy atom. The molecule has 0 spiro atoms. The van der Waals surface area contributed by atoms with Crippen molar-refractivity contribution in [2.24, 2.45) is 5.92 Å². The number of esters is 1. The first-order chi connectivity index (χ1) is 17.2. The largest absolute Gasteiger partial charge is 0.459 e. The number of carbonyl (C=O) groups excluding carboxylic acids is 4. The fourth-order valence-electron chi connectivity index (χ4n) is 3.09. The third-order valence-corrected chi connectivity index (χ3v) is 5.01. The second-order valence-corrected chi connectivity index (χ2v) is 8.35. The summed E-state index contributed by atoms with van der Waals surface area (Å²) in [6, 6.07) is 7.67. The molecule has 4 atom stereocenters. The van der Waals surface area contributed by atoms with Crippen molar-refractivity contribution in [3.63, 3.8) is 0 Å². The van der Waals surface area contributed by atoms with E-state index in [1.54, 1.807) is 32.1 Å². The highest BCUT2D eigenvalue weighted by atomic mass is 16.6. The van der Waals surface area contributed by atoms with E-state index >= 15 is 0 Å². The van der Waals surface area contributed by atoms with Gasteiger partial charge in [0.05, 0.1) is 19.1 Å². The van der Waals surface area contributed by atoms with E-state index in [9.17, 15) is 19.2 Å². The van der Waals surface area contributed by atoms with Crippen LogP contribution in [0.3, 0.4) is 0 Å². The third kappa shape index (κ3) is 12.2. The van der Waals surface area contributed by atoms with Crippen molar-refractivity contribution >= 4 is 23.9 Å². The van der Waals surface area contributed by atoms with E-state index < -0.39 is 42.1 Å². The van der Waals surface area contributed by atoms with Crippen LogP contribution in [0.15, 0.2) is 55.6 Å². The van der Waals surface area contributed by atoms with E-state index in [0.717, 1.165) is 5.56 Å². The van der Waals surface area contributed by atoms with Crippen LogP contribution < -0.4 is 16.0 Å². The summed E-state index contributed by atoms with van der Waals surface area (Å²) in [4.78, 5) is 49.4. The molecule has 198 valence electrons. The van der Waals surface area contributed by atoms with Gasteiger partial charge in [-0.2, -0.15) is 0 Å². The molecule has 0 bridgehead atoms. The van der Waals surface area contributed by atoms with Crippen molar-refractivity contribution in [1.29, 1.82) is 0 Å². The average molecular weight is 504 g/mol. The molecule has 0 aromatic heterocycles. The number of aliphatic hydroxyl groups is 1. The number of benzene rings is 1. The molecule has 3 amide bonds. The average Bonchev–Trinajstić information content (AvgIpc) is 2.85. The zero-order chi connectivity index (χ0) is 26.9. The van der Waals surface area contributed by atoms with E-state index in [0.29, 0.717) is 0 Å². The minimum Gasteiger partial charge on any atom is -0.459 e. The summed E-state index contributed by atoms with van der Waals surface area (Å²) >= 11 is 0. The molecular weight excluding hydrogens is 466 g/mol. The van der Waals surface area contributed by atoms with Crippen LogP contribution in [-0.2, 0) is 30.5 Å². The Bertz CT molecular complexity index is 876. The Balaban J connectivity index is 2.55. The molecule has 0 aliphatic rings. The van der Waals surface area contributed by atoms with Crippen LogP contribution in [-0.4, -0.2) is 60.3 Å². The maximum absolute atomic E-state index is 12.6. The maximum atomic E-state index is 12.6. The monoisotopic (exact) mass is 503 g/mol. The minimum atomic E-state index is -1.00. The molecule has 0 aliphatic carbocycles. The quantitative estimate of drug-likeness (QED) is 0.200. The summed E-state index contributed by atoms with van der Waals surface area (Å²) in [6.07, 6.45) is 1.86. The topological polar surface area (TPSA) is 143 Å². The fraction of sp³-hybridized carbons (Fsp3) is 0.462. The molecule has 1 rings (SSSR count). The van der Waals surface area contributed by atoms with Crippen LogP contribution in [0.1, 0.15) is 38.7 Å². The number of rotatable bonds is 16. The van der Waals surface area contributed by atoms with Crippen LogP contribution in [0.4, 0.5) is 4.79 Å². The molecule has 0 heterocycles. The molecular formula is C26H37N3O7. The predicted molar refractivity (Wildman–Crippen MR) is 135 cm³/mol. The zero-order valence-corrected chi connectivity index (χ0v) is 20.9. The lowest BCUT2D eigenvalue weighted by Gasteiger charge is -2.21. The van der Waals surface area contributed by atoms with Crippen molar-refractivity contribution in [3.8, 4) is 0 Å². The van der Waals surface area contributed by atoms with Gasteiger partial charge in [0.15, 0.2) is 0 Å². The number of carbonyl (C=O) groups is 4. The lowest BCUT2D eigenvalue weighted by atomic mass is 9.99. The van der Waals surface area contributed by atoms with Gasteiger partial charge in [0.1, 0.15) is 18.8 Å². The normalized spacial score (nSPS) is 13.8. The van der Waals surface area contributed by atoms with Gasteiger partial charge in [-0.25, -0.2) is 9.59 Å². The van der Waals surface area contributed by atoms with Gasteiger partial charge in [0.25, 0.3) is 0 Å². The molecule has 0 saturated heterocycles. The van der Waals surface area contributed by atoms with Gasteiger partial charge in [-0.15, -0.1) is 13.2 Å². The lowest BCUT2D eigenvalue weighted by molar-refractivity contribution is -0.151. The molecule has 4 unspecified atom stereocenters. The van der Waals surface area contributed by atoms with E-state index in [1.807, 2.05) is 18.2 Å². The molecule has 1 aromatic rings. The van der Waals surface area contributed by atoms with Gasteiger partial charge in [-0.3, -0.25) is 9.59 Å². The number of amides is 3. The molecule has 0 aliphatic heterocycles. The van der Waals surface area contributed by atoms with Crippen LogP contribution in [0.2, 0.25) is 0 Å². The van der Waals surface area contributed by atoms with Gasteiger partial charge in [0, 0.05) is 12.5 Å². The van der Waals surface area contributed by atoms with Crippen LogP contribution in [0, 0.1) is 5.92 Å². The Labute approximate surface area is 212 Å². The van der Waals surface area contributed by atoms with Gasteiger partial charge in [0.2, 0.25) is 11.8 Å². The van der Waals surface area contributed by atoms with Crippen molar-refractivity contribution in [1.82, 2.24) is 16.0 Å². The van der Waals surface area contributed by atoms with E-state index in [-0.39, 0.29) is 44.9 Å². The first-order valence-corrected chi connectivity index (χ1v) is 11.8. The standard InChI is InChI=1S/C26H37N3O7/c1-5-10-21(14-23(31)28-18(3)16-30)24(32)27-15-19(4)36-25(33)22(11-6-2)29-26(34)35-17-20-12-8-7-9-13-20/h5-9,12-13,18-19,21-22,30H,1-2,10-11,14-17H2,3-4H3,(H,27,32)(H,28,31)(H,29,34). The SMILES string of the molecule is C=CCC(CC(=O)NC(C)CO)C(=O)NCC(C)OC(=O)C(CC=C)NC(=O)OCc1ccccc1.